The summed E-state index contributed by atoms with van der Waals surface area (Å²) in [5.41, 5.74) is 4.25. The summed E-state index contributed by atoms with van der Waals surface area (Å²) < 4.78 is 19.1. The average molecular weight is 719 g/mol. The van der Waals surface area contributed by atoms with Gasteiger partial charge in [0.25, 0.3) is 0 Å². The zero-order valence-electron chi connectivity index (χ0n) is 26.5. The van der Waals surface area contributed by atoms with Crippen LogP contribution in [-0.2, 0) is 22.4 Å². The van der Waals surface area contributed by atoms with Crippen LogP contribution in [0.15, 0.2) is 100 Å². The molecule has 8 heteroatoms. The number of aromatic amines is 1. The number of aryl methyl sites for hydroxylation is 2. The highest BCUT2D eigenvalue weighted by atomic mass is 79.9. The van der Waals surface area contributed by atoms with E-state index in [0.717, 1.165) is 33.9 Å². The molecule has 44 heavy (non-hydrogen) atoms. The van der Waals surface area contributed by atoms with Gasteiger partial charge in [-0.15, -0.1) is 0 Å². The molecule has 0 amide bonds. The summed E-state index contributed by atoms with van der Waals surface area (Å²) in [6, 6.07) is 25.4. The van der Waals surface area contributed by atoms with Crippen molar-refractivity contribution in [2.24, 2.45) is 0 Å². The number of halogens is 2. The van der Waals surface area contributed by atoms with E-state index in [9.17, 15) is 0 Å². The van der Waals surface area contributed by atoms with E-state index < -0.39 is 0 Å². The van der Waals surface area contributed by atoms with Gasteiger partial charge in [-0.25, -0.2) is 0 Å². The summed E-state index contributed by atoms with van der Waals surface area (Å²) in [4.78, 5) is 3.13. The maximum absolute atomic E-state index is 6.14. The van der Waals surface area contributed by atoms with Gasteiger partial charge in [0.2, 0.25) is 0 Å². The van der Waals surface area contributed by atoms with Gasteiger partial charge in [-0.2, -0.15) is 0 Å². The normalized spacial score (nSPS) is 15.3. The Kier molecular flexibility index (Phi) is 10.2. The molecule has 1 N–H and O–H groups in total. The Labute approximate surface area is 278 Å². The number of aromatic nitrogens is 3. The molecule has 6 aromatic rings. The Morgan fingerprint density at radius 1 is 0.659 bits per heavy atom. The van der Waals surface area contributed by atoms with E-state index in [1.807, 2.05) is 12.3 Å². The highest BCUT2D eigenvalue weighted by Crippen LogP contribution is 2.36. The van der Waals surface area contributed by atoms with E-state index in [0.29, 0.717) is 0 Å². The van der Waals surface area contributed by atoms with Crippen LogP contribution < -0.4 is 5.46 Å². The van der Waals surface area contributed by atoms with Crippen LogP contribution in [0.25, 0.3) is 32.7 Å². The second-order valence-electron chi connectivity index (χ2n) is 12.3. The monoisotopic (exact) mass is 717 g/mol. The topological polar surface area (TPSA) is 44.1 Å². The standard InChI is InChI=1S/C17H24BNO2.C11H12BrN.C8H6BrN/c1-6-10-19-11-9-13-7-8-14(12-15(13)19)18-20-16(2,3)17(4,5)21-18;1-2-6-13-7-5-9-3-4-10(12)8-11(9)13;9-7-2-1-6-3-4-10-8(6)5-7/h7-9,11-12H,6,10H2,1-5H3;3-5,7-8H,2,6H2,1H3;1-5,10H. The second kappa shape index (κ2) is 13.7. The Morgan fingerprint density at radius 3 is 1.77 bits per heavy atom. The molecule has 7 rings (SSSR count). The molecule has 1 aliphatic heterocycles. The summed E-state index contributed by atoms with van der Waals surface area (Å²) in [5.74, 6) is 0. The lowest BCUT2D eigenvalue weighted by Gasteiger charge is -2.32. The van der Waals surface area contributed by atoms with Crippen molar-refractivity contribution in [3.8, 4) is 0 Å². The number of hydrogen-bond donors (Lipinski definition) is 1. The molecule has 0 unspecified atom stereocenters. The van der Waals surface area contributed by atoms with Crippen LogP contribution in [0, 0.1) is 0 Å². The minimum Gasteiger partial charge on any atom is -0.399 e. The van der Waals surface area contributed by atoms with Crippen LogP contribution in [0.5, 0.6) is 0 Å². The number of H-pyrrole nitrogens is 1. The lowest BCUT2D eigenvalue weighted by atomic mass is 9.79. The molecule has 3 aromatic heterocycles. The highest BCUT2D eigenvalue weighted by Gasteiger charge is 2.51. The molecule has 5 nitrogen and oxygen atoms in total. The first-order chi connectivity index (χ1) is 21.0. The third-order valence-corrected chi connectivity index (χ3v) is 9.49. The largest absolute Gasteiger partial charge is 0.494 e. The second-order valence-corrected chi connectivity index (χ2v) is 14.2. The molecule has 0 radical (unpaired) electrons. The maximum Gasteiger partial charge on any atom is 0.494 e. The molecule has 0 bridgehead atoms. The Bertz CT molecular complexity index is 1840. The number of rotatable bonds is 5. The van der Waals surface area contributed by atoms with Gasteiger partial charge in [-0.3, -0.25) is 0 Å². The van der Waals surface area contributed by atoms with Crippen LogP contribution >= 0.6 is 31.9 Å². The van der Waals surface area contributed by atoms with Crippen molar-refractivity contribution in [2.75, 3.05) is 0 Å². The molecular formula is C36H42BBr2N3O2. The summed E-state index contributed by atoms with van der Waals surface area (Å²) in [5, 5.41) is 3.84. The van der Waals surface area contributed by atoms with Crippen LogP contribution in [0.3, 0.4) is 0 Å². The number of hydrogen-bond acceptors (Lipinski definition) is 2. The summed E-state index contributed by atoms with van der Waals surface area (Å²) in [6.07, 6.45) is 8.56. The number of fused-ring (bicyclic) bond motifs is 3. The van der Waals surface area contributed by atoms with Gasteiger partial charge in [-0.1, -0.05) is 70.0 Å². The molecule has 3 aromatic carbocycles. The van der Waals surface area contributed by atoms with E-state index in [-0.39, 0.29) is 18.3 Å². The average Bonchev–Trinajstić information content (AvgIpc) is 3.75. The van der Waals surface area contributed by atoms with Crippen molar-refractivity contribution in [3.05, 3.63) is 100 Å². The fourth-order valence-corrected chi connectivity index (χ4v) is 6.09. The molecule has 0 saturated carbocycles. The summed E-state index contributed by atoms with van der Waals surface area (Å²) >= 11 is 6.89. The van der Waals surface area contributed by atoms with Gasteiger partial charge < -0.3 is 23.4 Å². The lowest BCUT2D eigenvalue weighted by molar-refractivity contribution is 0.00578. The predicted molar refractivity (Wildman–Crippen MR) is 194 cm³/mol. The van der Waals surface area contributed by atoms with Crippen LogP contribution in [0.1, 0.15) is 54.4 Å². The van der Waals surface area contributed by atoms with Crippen molar-refractivity contribution in [1.82, 2.24) is 14.1 Å². The van der Waals surface area contributed by atoms with Crippen molar-refractivity contribution < 1.29 is 9.31 Å². The van der Waals surface area contributed by atoms with Crippen LogP contribution in [0.4, 0.5) is 0 Å². The van der Waals surface area contributed by atoms with Crippen LogP contribution in [-0.4, -0.2) is 32.4 Å². The molecule has 1 aliphatic rings. The fraction of sp³-hybridized carbons (Fsp3) is 0.333. The quantitative estimate of drug-likeness (QED) is 0.180. The first-order valence-electron chi connectivity index (χ1n) is 15.4. The Hall–Kier alpha value is -2.78. The van der Waals surface area contributed by atoms with E-state index >= 15 is 0 Å². The fourth-order valence-electron chi connectivity index (χ4n) is 5.38. The minimum absolute atomic E-state index is 0.288. The Morgan fingerprint density at radius 2 is 1.18 bits per heavy atom. The molecule has 0 spiro atoms. The molecule has 4 heterocycles. The zero-order chi connectivity index (χ0) is 31.5. The van der Waals surface area contributed by atoms with Gasteiger partial charge in [0.05, 0.1) is 11.2 Å². The first-order valence-corrected chi connectivity index (χ1v) is 17.0. The lowest BCUT2D eigenvalue weighted by Crippen LogP contribution is -2.41. The van der Waals surface area contributed by atoms with Gasteiger partial charge in [-0.05, 0) is 111 Å². The van der Waals surface area contributed by atoms with E-state index in [1.54, 1.807) is 0 Å². The van der Waals surface area contributed by atoms with Gasteiger partial charge in [0.15, 0.2) is 0 Å². The smallest absolute Gasteiger partial charge is 0.399 e. The van der Waals surface area contributed by atoms with E-state index in [2.05, 4.69) is 167 Å². The van der Waals surface area contributed by atoms with Crippen molar-refractivity contribution in [2.45, 2.75) is 78.7 Å². The van der Waals surface area contributed by atoms with Crippen molar-refractivity contribution >= 4 is 77.1 Å². The highest BCUT2D eigenvalue weighted by molar-refractivity contribution is 9.10. The van der Waals surface area contributed by atoms with Crippen molar-refractivity contribution in [3.63, 3.8) is 0 Å². The van der Waals surface area contributed by atoms with Gasteiger partial charge in [0.1, 0.15) is 0 Å². The molecule has 0 atom stereocenters. The number of nitrogens with one attached hydrogen (secondary N) is 1. The molecule has 0 aliphatic carbocycles. The SMILES string of the molecule is Brc1ccc2cc[nH]c2c1.CCCn1ccc2ccc(B3OC(C)(C)C(C)(C)O3)cc21.CCCn1ccc2ccc(Br)cc21. The summed E-state index contributed by atoms with van der Waals surface area (Å²) in [6.45, 7) is 14.9. The van der Waals surface area contributed by atoms with Gasteiger partial charge in [0, 0.05) is 57.2 Å². The maximum atomic E-state index is 6.14. The third-order valence-electron chi connectivity index (χ3n) is 8.51. The molecule has 230 valence electrons. The van der Waals surface area contributed by atoms with E-state index in [4.69, 9.17) is 9.31 Å². The Balaban J connectivity index is 0.000000142. The predicted octanol–water partition coefficient (Wildman–Crippen LogP) is 10.1. The first kappa shape index (κ1) is 32.6. The number of nitrogens with zero attached hydrogens (tertiary/aromatic N) is 2. The van der Waals surface area contributed by atoms with Crippen molar-refractivity contribution in [1.29, 1.82) is 0 Å². The third kappa shape index (κ3) is 7.20. The molecular weight excluding hydrogens is 677 g/mol. The van der Waals surface area contributed by atoms with E-state index in [1.165, 1.54) is 39.1 Å². The summed E-state index contributed by atoms with van der Waals surface area (Å²) in [7, 11) is -0.288. The van der Waals surface area contributed by atoms with Gasteiger partial charge >= 0.3 is 7.12 Å². The number of benzene rings is 3. The zero-order valence-corrected chi connectivity index (χ0v) is 29.7. The van der Waals surface area contributed by atoms with Crippen LogP contribution in [0.2, 0.25) is 0 Å². The minimum atomic E-state index is -0.294. The molecule has 1 fully saturated rings. The molecule has 1 saturated heterocycles.